The Bertz CT molecular complexity index is 2330. The molecule has 2 aromatic heterocycles. The van der Waals surface area contributed by atoms with E-state index in [1.165, 1.54) is 22.7 Å². The van der Waals surface area contributed by atoms with Crippen molar-refractivity contribution in [3.05, 3.63) is 139 Å². The van der Waals surface area contributed by atoms with Crippen molar-refractivity contribution in [1.82, 2.24) is 10.6 Å². The van der Waals surface area contributed by atoms with Gasteiger partial charge in [0.15, 0.2) is 0 Å². The van der Waals surface area contributed by atoms with Crippen LogP contribution in [0.3, 0.4) is 0 Å². The maximum absolute atomic E-state index is 13.1. The average Bonchev–Trinajstić information content (AvgIpc) is 3.91. The lowest BCUT2D eigenvalue weighted by atomic mass is 9.95. The first-order chi connectivity index (χ1) is 25.0. The van der Waals surface area contributed by atoms with Gasteiger partial charge >= 0.3 is 11.9 Å². The Kier molecular flexibility index (Phi) is 9.84. The number of nitrogens with one attached hydrogen (secondary N) is 2. The third kappa shape index (κ3) is 6.79. The molecule has 0 atom stereocenters. The van der Waals surface area contributed by atoms with Crippen LogP contribution in [0.2, 0.25) is 10.0 Å². The summed E-state index contributed by atoms with van der Waals surface area (Å²) < 4.78 is 7.23. The largest absolute Gasteiger partial charge is 0.479 e. The zero-order valence-electron chi connectivity index (χ0n) is 27.8. The molecule has 6 aromatic rings. The van der Waals surface area contributed by atoms with Crippen LogP contribution in [0.4, 0.5) is 0 Å². The minimum atomic E-state index is -1.31. The first-order valence-corrected chi connectivity index (χ1v) is 19.0. The molecule has 0 saturated heterocycles. The van der Waals surface area contributed by atoms with Crippen LogP contribution < -0.4 is 10.6 Å². The van der Waals surface area contributed by atoms with Gasteiger partial charge in [0.2, 0.25) is 0 Å². The minimum absolute atomic E-state index is 0.268. The van der Waals surface area contributed by atoms with Gasteiger partial charge in [-0.25, -0.2) is 9.59 Å². The van der Waals surface area contributed by atoms with Gasteiger partial charge < -0.3 is 20.5 Å². The lowest BCUT2D eigenvalue weighted by Gasteiger charge is -2.27. The molecule has 0 aliphatic heterocycles. The number of esters is 1. The molecule has 0 spiro atoms. The fourth-order valence-electron chi connectivity index (χ4n) is 7.00. The smallest absolute Gasteiger partial charge is 0.332 e. The molecular weight excluding hydrogens is 739 g/mol. The van der Waals surface area contributed by atoms with E-state index in [0.717, 1.165) is 42.4 Å². The number of rotatable bonds is 7. The van der Waals surface area contributed by atoms with E-state index >= 15 is 0 Å². The van der Waals surface area contributed by atoms with Crippen LogP contribution in [-0.2, 0) is 40.0 Å². The second-order valence-corrected chi connectivity index (χ2v) is 15.6. The van der Waals surface area contributed by atoms with E-state index in [-0.39, 0.29) is 31.3 Å². The number of ether oxygens (including phenoxy) is 1. The first-order valence-electron chi connectivity index (χ1n) is 16.5. The fraction of sp³-hybridized carbons (Fsp3) is 0.200. The van der Waals surface area contributed by atoms with Crippen molar-refractivity contribution < 1.29 is 29.0 Å². The van der Waals surface area contributed by atoms with Crippen molar-refractivity contribution in [3.8, 4) is 0 Å². The van der Waals surface area contributed by atoms with Gasteiger partial charge in [-0.05, 0) is 65.6 Å². The Morgan fingerprint density at radius 1 is 0.673 bits per heavy atom. The monoisotopic (exact) mass is 770 g/mol. The van der Waals surface area contributed by atoms with E-state index in [0.29, 0.717) is 34.0 Å². The summed E-state index contributed by atoms with van der Waals surface area (Å²) in [5.74, 6) is -2.09. The fourth-order valence-corrected chi connectivity index (χ4v) is 9.19. The Balaban J connectivity index is 0.000000162. The van der Waals surface area contributed by atoms with Gasteiger partial charge in [0.05, 0.1) is 17.7 Å². The van der Waals surface area contributed by atoms with Crippen molar-refractivity contribution in [3.63, 3.8) is 0 Å². The zero-order valence-corrected chi connectivity index (χ0v) is 31.0. The molecule has 2 amide bonds. The summed E-state index contributed by atoms with van der Waals surface area (Å²) in [6, 6.07) is 26.3. The van der Waals surface area contributed by atoms with Gasteiger partial charge in [-0.15, -0.1) is 22.7 Å². The number of carboxylic acid groups (broad SMARTS) is 1. The lowest BCUT2D eigenvalue weighted by molar-refractivity contribution is -0.150. The molecule has 12 heteroatoms. The molecule has 0 unspecified atom stereocenters. The normalized spacial score (nSPS) is 14.9. The van der Waals surface area contributed by atoms with Gasteiger partial charge in [0.25, 0.3) is 11.8 Å². The highest BCUT2D eigenvalue weighted by Crippen LogP contribution is 2.35. The second-order valence-electron chi connectivity index (χ2n) is 12.9. The summed E-state index contributed by atoms with van der Waals surface area (Å²) in [4.78, 5) is 50.7. The Morgan fingerprint density at radius 2 is 1.08 bits per heavy atom. The molecule has 3 N–H and O–H groups in total. The van der Waals surface area contributed by atoms with Crippen LogP contribution in [0, 0.1) is 0 Å². The van der Waals surface area contributed by atoms with Crippen LogP contribution in [0.15, 0.2) is 95.7 Å². The number of fused-ring (bicyclic) bond motifs is 4. The number of carbonyl (C=O) groups excluding carboxylic acids is 3. The number of carboxylic acids is 1. The molecule has 2 aliphatic carbocycles. The van der Waals surface area contributed by atoms with Crippen molar-refractivity contribution in [2.45, 2.75) is 43.7 Å². The van der Waals surface area contributed by atoms with Crippen LogP contribution in [0.25, 0.3) is 20.2 Å². The third-order valence-electron chi connectivity index (χ3n) is 9.55. The molecule has 0 radical (unpaired) electrons. The molecule has 2 heterocycles. The van der Waals surface area contributed by atoms with Crippen LogP contribution in [0.5, 0.6) is 0 Å². The first kappa shape index (κ1) is 35.7. The summed E-state index contributed by atoms with van der Waals surface area (Å²) >= 11 is 15.1. The molecule has 52 heavy (non-hydrogen) atoms. The van der Waals surface area contributed by atoms with Gasteiger partial charge in [0, 0.05) is 66.7 Å². The van der Waals surface area contributed by atoms with Crippen LogP contribution in [0.1, 0.15) is 49.9 Å². The molecule has 264 valence electrons. The highest BCUT2D eigenvalue weighted by Gasteiger charge is 2.47. The zero-order chi connectivity index (χ0) is 36.6. The molecule has 2 aliphatic rings. The standard InChI is InChI=1S/C21H18ClNO3S.C19H14ClNO3S/c1-2-26-20(25)21(10-13-5-3-4-6-14(13)11-21)23-19(24)17-12-27-18-8-7-15(22)9-16(17)18;20-13-5-6-16-14(7-13)15(10-25-16)17(22)21-19(18(23)24)8-11-3-1-2-4-12(11)9-19/h3-9,12H,2,10-11H2,1H3,(H,23,24);1-7,10H,8-9H2,(H,21,22)(H,23,24). The van der Waals surface area contributed by atoms with Crippen molar-refractivity contribution >= 4 is 89.8 Å². The molecule has 0 fully saturated rings. The van der Waals surface area contributed by atoms with Crippen LogP contribution in [-0.4, -0.2) is 46.5 Å². The van der Waals surface area contributed by atoms with E-state index < -0.39 is 23.0 Å². The van der Waals surface area contributed by atoms with Crippen LogP contribution >= 0.6 is 45.9 Å². The van der Waals surface area contributed by atoms with E-state index in [1.807, 2.05) is 60.7 Å². The number of thiophene rings is 2. The predicted molar refractivity (Wildman–Crippen MR) is 206 cm³/mol. The summed E-state index contributed by atoms with van der Waals surface area (Å²) in [7, 11) is 0. The topological polar surface area (TPSA) is 122 Å². The van der Waals surface area contributed by atoms with E-state index in [1.54, 1.807) is 41.9 Å². The number of carbonyl (C=O) groups is 4. The van der Waals surface area contributed by atoms with Gasteiger partial charge in [-0.3, -0.25) is 9.59 Å². The molecule has 0 bridgehead atoms. The molecule has 8 rings (SSSR count). The number of halogens is 2. The highest BCUT2D eigenvalue weighted by molar-refractivity contribution is 7.18. The Labute approximate surface area is 317 Å². The Hall–Kier alpha value is -4.74. The number of aliphatic carboxylic acids is 1. The Morgan fingerprint density at radius 3 is 1.48 bits per heavy atom. The second kappa shape index (κ2) is 14.4. The molecular formula is C40H32Cl2N2O6S2. The van der Waals surface area contributed by atoms with Gasteiger partial charge in [-0.2, -0.15) is 0 Å². The van der Waals surface area contributed by atoms with Crippen molar-refractivity contribution in [2.24, 2.45) is 0 Å². The van der Waals surface area contributed by atoms with E-state index in [4.69, 9.17) is 27.9 Å². The SMILES string of the molecule is CCOC(=O)C1(NC(=O)c2csc3ccc(Cl)cc23)Cc2ccccc2C1.O=C(NC1(C(=O)O)Cc2ccccc2C1)c1csc2ccc(Cl)cc12. The maximum atomic E-state index is 13.1. The van der Waals surface area contributed by atoms with Crippen molar-refractivity contribution in [2.75, 3.05) is 6.61 Å². The molecule has 8 nitrogen and oxygen atoms in total. The van der Waals surface area contributed by atoms with Gasteiger partial charge in [-0.1, -0.05) is 71.7 Å². The summed E-state index contributed by atoms with van der Waals surface area (Å²) in [5, 5.41) is 21.8. The van der Waals surface area contributed by atoms with E-state index in [2.05, 4.69) is 10.6 Å². The molecule has 0 saturated carbocycles. The minimum Gasteiger partial charge on any atom is -0.479 e. The highest BCUT2D eigenvalue weighted by atomic mass is 35.5. The number of hydrogen-bond donors (Lipinski definition) is 3. The summed E-state index contributed by atoms with van der Waals surface area (Å²) in [6.45, 7) is 2.04. The quantitative estimate of drug-likeness (QED) is 0.141. The average molecular weight is 772 g/mol. The number of hydrogen-bond acceptors (Lipinski definition) is 7. The lowest BCUT2D eigenvalue weighted by Crippen LogP contribution is -2.56. The van der Waals surface area contributed by atoms with Gasteiger partial charge in [0.1, 0.15) is 11.1 Å². The summed E-state index contributed by atoms with van der Waals surface area (Å²) in [6.07, 6.45) is 1.42. The third-order valence-corrected chi connectivity index (χ3v) is 11.9. The summed E-state index contributed by atoms with van der Waals surface area (Å²) in [5.41, 5.74) is 2.63. The van der Waals surface area contributed by atoms with Crippen molar-refractivity contribution in [1.29, 1.82) is 0 Å². The molecule has 4 aromatic carbocycles. The maximum Gasteiger partial charge on any atom is 0.332 e. The predicted octanol–water partition coefficient (Wildman–Crippen LogP) is 8.29. The van der Waals surface area contributed by atoms with E-state index in [9.17, 15) is 24.3 Å². The number of amides is 2. The number of benzene rings is 4.